The number of ether oxygens (including phenoxy) is 1. The predicted molar refractivity (Wildman–Crippen MR) is 117 cm³/mol. The number of hydrogen-bond donors (Lipinski definition) is 1. The number of rotatable bonds is 7. The summed E-state index contributed by atoms with van der Waals surface area (Å²) in [6, 6.07) is 14.7. The summed E-state index contributed by atoms with van der Waals surface area (Å²) in [4.78, 5) is 17.5. The number of aryl methyl sites for hydroxylation is 4. The van der Waals surface area contributed by atoms with E-state index in [0.717, 1.165) is 48.3 Å². The summed E-state index contributed by atoms with van der Waals surface area (Å²) in [6.07, 6.45) is 3.96. The molecule has 0 aliphatic carbocycles. The number of thiophene rings is 1. The van der Waals surface area contributed by atoms with Crippen molar-refractivity contribution in [3.63, 3.8) is 0 Å². The quantitative estimate of drug-likeness (QED) is 0.559. The van der Waals surface area contributed by atoms with Crippen molar-refractivity contribution in [2.45, 2.75) is 39.5 Å². The Bertz CT molecular complexity index is 945. The van der Waals surface area contributed by atoms with Crippen molar-refractivity contribution < 1.29 is 4.74 Å². The summed E-state index contributed by atoms with van der Waals surface area (Å²) in [5, 5.41) is 0. The minimum Gasteiger partial charge on any atom is -0.497 e. The van der Waals surface area contributed by atoms with Crippen molar-refractivity contribution in [2.24, 2.45) is 0 Å². The van der Waals surface area contributed by atoms with E-state index >= 15 is 0 Å². The molecule has 0 saturated heterocycles. The number of aromatic amines is 1. The van der Waals surface area contributed by atoms with Crippen LogP contribution in [0.15, 0.2) is 47.3 Å². The van der Waals surface area contributed by atoms with Crippen LogP contribution in [0.4, 0.5) is 0 Å². The monoisotopic (exact) mass is 403 g/mol. The fourth-order valence-corrected chi connectivity index (χ4v) is 4.26. The van der Waals surface area contributed by atoms with Crippen LogP contribution < -0.4 is 10.3 Å². The normalized spacial score (nSPS) is 10.5. The van der Waals surface area contributed by atoms with E-state index in [1.165, 1.54) is 15.3 Å². The van der Waals surface area contributed by atoms with Crippen molar-refractivity contribution in [3.8, 4) is 16.2 Å². The molecule has 2 aromatic heterocycles. The molecular weight excluding hydrogens is 378 g/mol. The second-order valence-electron chi connectivity index (χ2n) is 6.49. The average molecular weight is 404 g/mol. The Morgan fingerprint density at radius 2 is 1.93 bits per heavy atom. The van der Waals surface area contributed by atoms with Crippen LogP contribution >= 0.6 is 23.7 Å². The molecule has 0 aliphatic rings. The second kappa shape index (κ2) is 9.77. The molecule has 0 aliphatic heterocycles. The molecule has 0 atom stereocenters. The van der Waals surface area contributed by atoms with Crippen molar-refractivity contribution in [1.82, 2.24) is 4.98 Å². The Hall–Kier alpha value is -2.04. The largest absolute Gasteiger partial charge is 0.497 e. The van der Waals surface area contributed by atoms with E-state index in [9.17, 15) is 4.79 Å². The molecule has 5 heteroatoms. The van der Waals surface area contributed by atoms with Gasteiger partial charge in [0.05, 0.1) is 7.11 Å². The number of nitrogens with one attached hydrogen (secondary N) is 1. The highest BCUT2D eigenvalue weighted by atomic mass is 35.5. The third-order valence-electron chi connectivity index (χ3n) is 4.65. The van der Waals surface area contributed by atoms with Crippen LogP contribution in [-0.2, 0) is 19.3 Å². The molecule has 3 nitrogen and oxygen atoms in total. The highest BCUT2D eigenvalue weighted by Gasteiger charge is 2.09. The van der Waals surface area contributed by atoms with Gasteiger partial charge < -0.3 is 9.72 Å². The maximum absolute atomic E-state index is 11.9. The summed E-state index contributed by atoms with van der Waals surface area (Å²) in [5.41, 5.74) is 4.27. The van der Waals surface area contributed by atoms with Gasteiger partial charge in [-0.3, -0.25) is 4.79 Å². The first-order valence-corrected chi connectivity index (χ1v) is 9.87. The second-order valence-corrected chi connectivity index (χ2v) is 7.66. The summed E-state index contributed by atoms with van der Waals surface area (Å²) in [6.45, 7) is 3.99. The van der Waals surface area contributed by atoms with E-state index in [2.05, 4.69) is 29.2 Å². The van der Waals surface area contributed by atoms with E-state index in [4.69, 9.17) is 4.74 Å². The standard InChI is InChI=1S/C22H25NO2S.ClH/c1-4-17-14-20(15(2)23-22(17)24)21-12-11-19(26-21)10-6-8-16-7-5-9-18(13-16)25-3;/h5,7,9,11-14H,4,6,8,10H2,1-3H3,(H,23,24);1H. The fraction of sp³-hybridized carbons (Fsp3) is 0.318. The Balaban J connectivity index is 0.00000261. The topological polar surface area (TPSA) is 42.1 Å². The number of aromatic nitrogens is 1. The van der Waals surface area contributed by atoms with Gasteiger partial charge in [-0.25, -0.2) is 0 Å². The van der Waals surface area contributed by atoms with Crippen LogP contribution in [0.25, 0.3) is 10.4 Å². The van der Waals surface area contributed by atoms with Gasteiger partial charge in [0, 0.05) is 26.6 Å². The molecule has 27 heavy (non-hydrogen) atoms. The molecule has 3 rings (SSSR count). The van der Waals surface area contributed by atoms with Gasteiger partial charge in [-0.15, -0.1) is 23.7 Å². The summed E-state index contributed by atoms with van der Waals surface area (Å²) in [5.74, 6) is 0.918. The van der Waals surface area contributed by atoms with Crippen LogP contribution in [0.5, 0.6) is 5.75 Å². The number of methoxy groups -OCH3 is 1. The van der Waals surface area contributed by atoms with Crippen molar-refractivity contribution in [1.29, 1.82) is 0 Å². The lowest BCUT2D eigenvalue weighted by Gasteiger charge is -2.06. The molecule has 0 amide bonds. The van der Waals surface area contributed by atoms with Gasteiger partial charge in [-0.1, -0.05) is 19.1 Å². The lowest BCUT2D eigenvalue weighted by molar-refractivity contribution is 0.414. The molecule has 3 aromatic rings. The molecule has 1 aromatic carbocycles. The average Bonchev–Trinajstić information content (AvgIpc) is 3.10. The zero-order valence-corrected chi connectivity index (χ0v) is 17.6. The van der Waals surface area contributed by atoms with Gasteiger partial charge in [-0.05, 0) is 68.5 Å². The van der Waals surface area contributed by atoms with Crippen LogP contribution in [0.1, 0.15) is 35.0 Å². The first-order valence-electron chi connectivity index (χ1n) is 9.05. The third kappa shape index (κ3) is 5.24. The number of hydrogen-bond acceptors (Lipinski definition) is 3. The molecule has 0 spiro atoms. The molecule has 2 heterocycles. The van der Waals surface area contributed by atoms with Gasteiger partial charge >= 0.3 is 0 Å². The zero-order valence-electron chi connectivity index (χ0n) is 16.0. The first-order chi connectivity index (χ1) is 12.6. The first kappa shape index (κ1) is 21.3. The molecule has 0 bridgehead atoms. The number of benzene rings is 1. The van der Waals surface area contributed by atoms with E-state index < -0.39 is 0 Å². The smallest absolute Gasteiger partial charge is 0.251 e. The third-order valence-corrected chi connectivity index (χ3v) is 5.82. The Kier molecular flexibility index (Phi) is 7.69. The van der Waals surface area contributed by atoms with E-state index in [1.54, 1.807) is 7.11 Å². The maximum atomic E-state index is 11.9. The summed E-state index contributed by atoms with van der Waals surface area (Å²) < 4.78 is 5.29. The molecule has 1 N–H and O–H groups in total. The molecular formula is C22H26ClNO2S. The highest BCUT2D eigenvalue weighted by Crippen LogP contribution is 2.30. The van der Waals surface area contributed by atoms with Gasteiger partial charge in [0.1, 0.15) is 5.75 Å². The van der Waals surface area contributed by atoms with Crippen LogP contribution in [-0.4, -0.2) is 12.1 Å². The van der Waals surface area contributed by atoms with E-state index in [-0.39, 0.29) is 18.0 Å². The van der Waals surface area contributed by atoms with E-state index in [1.807, 2.05) is 43.4 Å². The zero-order chi connectivity index (χ0) is 18.5. The van der Waals surface area contributed by atoms with Crippen molar-refractivity contribution >= 4 is 23.7 Å². The number of H-pyrrole nitrogens is 1. The number of halogens is 1. The molecule has 0 fully saturated rings. The summed E-state index contributed by atoms with van der Waals surface area (Å²) in [7, 11) is 1.70. The Labute approximate surface area is 170 Å². The van der Waals surface area contributed by atoms with Gasteiger partial charge in [0.25, 0.3) is 5.56 Å². The molecule has 144 valence electrons. The van der Waals surface area contributed by atoms with Crippen molar-refractivity contribution in [2.75, 3.05) is 7.11 Å². The SMILES string of the molecule is CCc1cc(-c2ccc(CCCc3cccc(OC)c3)s2)c(C)[nH]c1=O.Cl. The van der Waals surface area contributed by atoms with Crippen LogP contribution in [0.2, 0.25) is 0 Å². The Morgan fingerprint density at radius 3 is 2.67 bits per heavy atom. The van der Waals surface area contributed by atoms with Gasteiger partial charge in [0.2, 0.25) is 0 Å². The highest BCUT2D eigenvalue weighted by molar-refractivity contribution is 7.15. The van der Waals surface area contributed by atoms with Gasteiger partial charge in [-0.2, -0.15) is 0 Å². The Morgan fingerprint density at radius 1 is 1.11 bits per heavy atom. The van der Waals surface area contributed by atoms with Crippen LogP contribution in [0, 0.1) is 6.92 Å². The number of pyridine rings is 1. The van der Waals surface area contributed by atoms with Crippen molar-refractivity contribution in [3.05, 3.63) is 74.5 Å². The van der Waals surface area contributed by atoms with Gasteiger partial charge in [0.15, 0.2) is 0 Å². The molecule has 0 radical (unpaired) electrons. The van der Waals surface area contributed by atoms with Crippen LogP contribution in [0.3, 0.4) is 0 Å². The molecule has 0 saturated carbocycles. The minimum absolute atomic E-state index is 0. The lowest BCUT2D eigenvalue weighted by Crippen LogP contribution is -2.13. The maximum Gasteiger partial charge on any atom is 0.251 e. The lowest BCUT2D eigenvalue weighted by atomic mass is 10.1. The summed E-state index contributed by atoms with van der Waals surface area (Å²) >= 11 is 1.82. The minimum atomic E-state index is 0. The molecule has 0 unspecified atom stereocenters. The van der Waals surface area contributed by atoms with E-state index in [0.29, 0.717) is 0 Å². The predicted octanol–water partition coefficient (Wildman–Crippen LogP) is 5.58. The fourth-order valence-electron chi connectivity index (χ4n) is 3.14.